The Morgan fingerprint density at radius 1 is 1.27 bits per heavy atom. The van der Waals surface area contributed by atoms with Crippen LogP contribution in [0.3, 0.4) is 0 Å². The first-order valence-electron chi connectivity index (χ1n) is 8.02. The van der Waals surface area contributed by atoms with Gasteiger partial charge in [0.1, 0.15) is 5.01 Å². The molecule has 1 saturated heterocycles. The van der Waals surface area contributed by atoms with E-state index in [4.69, 9.17) is 0 Å². The first-order valence-corrected chi connectivity index (χ1v) is 8.90. The number of rotatable bonds is 4. The van der Waals surface area contributed by atoms with Crippen LogP contribution in [0.4, 0.5) is 0 Å². The molecule has 1 aliphatic carbocycles. The van der Waals surface area contributed by atoms with Crippen molar-refractivity contribution in [2.45, 2.75) is 38.6 Å². The Morgan fingerprint density at radius 2 is 1.95 bits per heavy atom. The Labute approximate surface area is 135 Å². The van der Waals surface area contributed by atoms with Crippen molar-refractivity contribution in [2.24, 2.45) is 11.8 Å². The summed E-state index contributed by atoms with van der Waals surface area (Å²) in [4.78, 5) is 32.8. The van der Waals surface area contributed by atoms with Gasteiger partial charge in [0.15, 0.2) is 0 Å². The van der Waals surface area contributed by atoms with Gasteiger partial charge in [-0.15, -0.1) is 11.3 Å². The third kappa shape index (κ3) is 3.16. The van der Waals surface area contributed by atoms with Crippen molar-refractivity contribution in [2.75, 3.05) is 20.1 Å². The van der Waals surface area contributed by atoms with Gasteiger partial charge in [-0.3, -0.25) is 9.59 Å². The number of piperidine rings is 1. The molecule has 2 amide bonds. The third-order valence-corrected chi connectivity index (χ3v) is 5.77. The van der Waals surface area contributed by atoms with Crippen LogP contribution < -0.4 is 0 Å². The lowest BCUT2D eigenvalue weighted by Gasteiger charge is -2.34. The molecule has 0 aromatic carbocycles. The third-order valence-electron chi connectivity index (χ3n) is 4.82. The Bertz CT molecular complexity index is 534. The molecular formula is C16H23N3O2S. The van der Waals surface area contributed by atoms with E-state index in [0.717, 1.165) is 43.8 Å². The molecule has 3 rings (SSSR count). The number of nitrogens with zero attached hydrogens (tertiary/aromatic N) is 3. The molecule has 22 heavy (non-hydrogen) atoms. The van der Waals surface area contributed by atoms with E-state index >= 15 is 0 Å². The number of hydrogen-bond acceptors (Lipinski definition) is 4. The van der Waals surface area contributed by atoms with Crippen molar-refractivity contribution in [3.05, 3.63) is 16.6 Å². The maximum Gasteiger partial charge on any atom is 0.226 e. The SMILES string of the molecule is C[C@H](c1nccs1)N(C)C(=O)C1CCN(C(=O)C2CC2)CC1. The van der Waals surface area contributed by atoms with Crippen molar-refractivity contribution in [3.63, 3.8) is 0 Å². The monoisotopic (exact) mass is 321 g/mol. The summed E-state index contributed by atoms with van der Waals surface area (Å²) >= 11 is 1.58. The van der Waals surface area contributed by atoms with Crippen molar-refractivity contribution in [1.82, 2.24) is 14.8 Å². The average molecular weight is 321 g/mol. The van der Waals surface area contributed by atoms with Gasteiger partial charge in [0.05, 0.1) is 6.04 Å². The first kappa shape index (κ1) is 15.5. The highest BCUT2D eigenvalue weighted by molar-refractivity contribution is 7.09. The van der Waals surface area contributed by atoms with Gasteiger partial charge in [-0.05, 0) is 32.6 Å². The van der Waals surface area contributed by atoms with Gasteiger partial charge in [-0.1, -0.05) is 0 Å². The summed E-state index contributed by atoms with van der Waals surface area (Å²) in [6.07, 6.45) is 5.44. The zero-order valence-electron chi connectivity index (χ0n) is 13.2. The molecule has 0 unspecified atom stereocenters. The van der Waals surface area contributed by atoms with E-state index in [9.17, 15) is 9.59 Å². The zero-order chi connectivity index (χ0) is 15.7. The number of thiazole rings is 1. The van der Waals surface area contributed by atoms with Crippen molar-refractivity contribution < 1.29 is 9.59 Å². The van der Waals surface area contributed by atoms with Gasteiger partial charge in [-0.25, -0.2) is 4.98 Å². The second kappa shape index (κ2) is 6.36. The van der Waals surface area contributed by atoms with Gasteiger partial charge in [0.25, 0.3) is 0 Å². The molecule has 2 fully saturated rings. The number of amides is 2. The molecule has 120 valence electrons. The summed E-state index contributed by atoms with van der Waals surface area (Å²) in [5, 5.41) is 2.91. The molecule has 5 nitrogen and oxygen atoms in total. The van der Waals surface area contributed by atoms with E-state index in [2.05, 4.69) is 4.98 Å². The lowest BCUT2D eigenvalue weighted by atomic mass is 9.94. The van der Waals surface area contributed by atoms with Crippen molar-refractivity contribution in [1.29, 1.82) is 0 Å². The van der Waals surface area contributed by atoms with E-state index in [-0.39, 0.29) is 23.8 Å². The molecule has 2 heterocycles. The highest BCUT2D eigenvalue weighted by Gasteiger charge is 2.36. The quantitative estimate of drug-likeness (QED) is 0.855. The number of hydrogen-bond donors (Lipinski definition) is 0. The summed E-state index contributed by atoms with van der Waals surface area (Å²) in [6, 6.07) is 0.0126. The van der Waals surface area contributed by atoms with Crippen LogP contribution in [0, 0.1) is 11.8 Å². The Balaban J connectivity index is 1.53. The number of carbonyl (C=O) groups excluding carboxylic acids is 2. The predicted molar refractivity (Wildman–Crippen MR) is 85.3 cm³/mol. The van der Waals surface area contributed by atoms with Crippen molar-refractivity contribution >= 4 is 23.2 Å². The molecule has 1 aromatic heterocycles. The summed E-state index contributed by atoms with van der Waals surface area (Å²) in [7, 11) is 1.86. The molecular weight excluding hydrogens is 298 g/mol. The van der Waals surface area contributed by atoms with Gasteiger partial charge in [0, 0.05) is 43.5 Å². The fourth-order valence-corrected chi connectivity index (χ4v) is 3.76. The normalized spacial score (nSPS) is 20.7. The second-order valence-corrected chi connectivity index (χ2v) is 7.30. The van der Waals surface area contributed by atoms with Crippen LogP contribution >= 0.6 is 11.3 Å². The summed E-state index contributed by atoms with van der Waals surface area (Å²) in [5.41, 5.74) is 0. The van der Waals surface area contributed by atoms with Crippen LogP contribution in [0.15, 0.2) is 11.6 Å². The molecule has 1 aromatic rings. The minimum atomic E-state index is 0.0126. The topological polar surface area (TPSA) is 53.5 Å². The first-order chi connectivity index (χ1) is 10.6. The van der Waals surface area contributed by atoms with Crippen LogP contribution in [0.2, 0.25) is 0 Å². The zero-order valence-corrected chi connectivity index (χ0v) is 14.0. The average Bonchev–Trinajstić information content (AvgIpc) is 3.26. The largest absolute Gasteiger partial charge is 0.342 e. The minimum absolute atomic E-state index is 0.0126. The minimum Gasteiger partial charge on any atom is -0.342 e. The fourth-order valence-electron chi connectivity index (χ4n) is 3.02. The van der Waals surface area contributed by atoms with Crippen LogP contribution in [-0.2, 0) is 9.59 Å². The molecule has 0 N–H and O–H groups in total. The van der Waals surface area contributed by atoms with Gasteiger partial charge >= 0.3 is 0 Å². The number of aromatic nitrogens is 1. The van der Waals surface area contributed by atoms with Crippen molar-refractivity contribution in [3.8, 4) is 0 Å². The van der Waals surface area contributed by atoms with E-state index in [0.29, 0.717) is 5.91 Å². The molecule has 0 bridgehead atoms. The highest BCUT2D eigenvalue weighted by atomic mass is 32.1. The van der Waals surface area contributed by atoms with Crippen LogP contribution in [0.1, 0.15) is 43.7 Å². The van der Waals surface area contributed by atoms with E-state index in [1.807, 2.05) is 29.2 Å². The van der Waals surface area contributed by atoms with E-state index in [1.165, 1.54) is 0 Å². The smallest absolute Gasteiger partial charge is 0.226 e. The van der Waals surface area contributed by atoms with Crippen LogP contribution in [0.5, 0.6) is 0 Å². The maximum atomic E-state index is 12.7. The Morgan fingerprint density at radius 3 is 2.50 bits per heavy atom. The number of carbonyl (C=O) groups is 2. The van der Waals surface area contributed by atoms with Gasteiger partial charge in [0.2, 0.25) is 11.8 Å². The molecule has 0 radical (unpaired) electrons. The summed E-state index contributed by atoms with van der Waals surface area (Å²) in [6.45, 7) is 3.47. The molecule has 2 aliphatic rings. The van der Waals surface area contributed by atoms with Crippen LogP contribution in [-0.4, -0.2) is 46.7 Å². The molecule has 1 atom stereocenters. The van der Waals surface area contributed by atoms with E-state index in [1.54, 1.807) is 17.5 Å². The molecule has 6 heteroatoms. The molecule has 1 saturated carbocycles. The van der Waals surface area contributed by atoms with Gasteiger partial charge in [-0.2, -0.15) is 0 Å². The highest BCUT2D eigenvalue weighted by Crippen LogP contribution is 2.33. The number of likely N-dealkylation sites (tertiary alicyclic amines) is 1. The Hall–Kier alpha value is -1.43. The lowest BCUT2D eigenvalue weighted by Crippen LogP contribution is -2.44. The summed E-state index contributed by atoms with van der Waals surface area (Å²) in [5.74, 6) is 0.798. The van der Waals surface area contributed by atoms with E-state index < -0.39 is 0 Å². The predicted octanol–water partition coefficient (Wildman–Crippen LogP) is 2.31. The molecule has 1 aliphatic heterocycles. The Kier molecular flexibility index (Phi) is 4.47. The standard InChI is InChI=1S/C16H23N3O2S/c1-11(14-17-7-10-22-14)18(2)15(20)13-5-8-19(9-6-13)16(21)12-3-4-12/h7,10-13H,3-6,8-9H2,1-2H3/t11-/m1/s1. The second-order valence-electron chi connectivity index (χ2n) is 6.37. The van der Waals surface area contributed by atoms with Crippen LogP contribution in [0.25, 0.3) is 0 Å². The fraction of sp³-hybridized carbons (Fsp3) is 0.688. The molecule has 0 spiro atoms. The lowest BCUT2D eigenvalue weighted by molar-refractivity contribution is -0.141. The summed E-state index contributed by atoms with van der Waals surface area (Å²) < 4.78 is 0. The van der Waals surface area contributed by atoms with Gasteiger partial charge < -0.3 is 9.80 Å². The maximum absolute atomic E-state index is 12.7.